The molecule has 0 saturated carbocycles. The van der Waals surface area contributed by atoms with Crippen molar-refractivity contribution in [2.24, 2.45) is 0 Å². The maximum atomic E-state index is 10.8. The van der Waals surface area contributed by atoms with Gasteiger partial charge in [-0.3, -0.25) is 4.79 Å². The fourth-order valence-corrected chi connectivity index (χ4v) is 2.42. The van der Waals surface area contributed by atoms with E-state index in [1.165, 1.54) is 0 Å². The molecule has 24 heavy (non-hydrogen) atoms. The Balaban J connectivity index is 1.55. The van der Waals surface area contributed by atoms with Gasteiger partial charge in [0.25, 0.3) is 0 Å². The van der Waals surface area contributed by atoms with Gasteiger partial charge in [-0.15, -0.1) is 0 Å². The lowest BCUT2D eigenvalue weighted by atomic mass is 10.2. The van der Waals surface area contributed by atoms with Crippen LogP contribution in [0.5, 0.6) is 5.75 Å². The molecule has 5 heteroatoms. The minimum absolute atomic E-state index is 0.569. The summed E-state index contributed by atoms with van der Waals surface area (Å²) >= 11 is 0. The Bertz CT molecular complexity index is 812. The Morgan fingerprint density at radius 1 is 1.08 bits per heavy atom. The molecule has 0 bridgehead atoms. The second-order valence-corrected chi connectivity index (χ2v) is 5.50. The number of aromatic nitrogens is 3. The third-order valence-electron chi connectivity index (χ3n) is 3.69. The van der Waals surface area contributed by atoms with Crippen LogP contribution >= 0.6 is 0 Å². The fraction of sp³-hybridized carbons (Fsp3) is 0.211. The van der Waals surface area contributed by atoms with Crippen LogP contribution in [0.1, 0.15) is 28.2 Å². The number of hydrogen-bond acceptors (Lipinski definition) is 4. The average molecular weight is 321 g/mol. The van der Waals surface area contributed by atoms with Crippen LogP contribution in [-0.4, -0.2) is 27.9 Å². The topological polar surface area (TPSA) is 57.0 Å². The Morgan fingerprint density at radius 3 is 2.71 bits per heavy atom. The number of para-hydroxylation sites is 1. The molecule has 0 amide bonds. The quantitative estimate of drug-likeness (QED) is 0.494. The molecular formula is C19H19N3O2. The van der Waals surface area contributed by atoms with Crippen molar-refractivity contribution in [3.8, 4) is 11.4 Å². The third-order valence-corrected chi connectivity index (χ3v) is 3.69. The van der Waals surface area contributed by atoms with Gasteiger partial charge < -0.3 is 4.74 Å². The summed E-state index contributed by atoms with van der Waals surface area (Å²) in [7, 11) is 0. The normalized spacial score (nSPS) is 10.5. The first kappa shape index (κ1) is 15.9. The van der Waals surface area contributed by atoms with Gasteiger partial charge in [-0.1, -0.05) is 30.3 Å². The van der Waals surface area contributed by atoms with Crippen LogP contribution in [0.3, 0.4) is 0 Å². The largest absolute Gasteiger partial charge is 0.494 e. The molecule has 3 rings (SSSR count). The second kappa shape index (κ2) is 7.55. The highest BCUT2D eigenvalue weighted by atomic mass is 16.5. The van der Waals surface area contributed by atoms with Gasteiger partial charge in [0.2, 0.25) is 0 Å². The number of ether oxygens (including phenoxy) is 1. The van der Waals surface area contributed by atoms with E-state index in [-0.39, 0.29) is 0 Å². The van der Waals surface area contributed by atoms with E-state index in [1.807, 2.05) is 49.4 Å². The first-order chi connectivity index (χ1) is 11.8. The number of aldehydes is 1. The molecule has 0 spiro atoms. The SMILES string of the molecule is Cc1nn(-c2ccccc2)nc1CCCOc1cccc(C=O)c1. The monoisotopic (exact) mass is 321 g/mol. The van der Waals surface area contributed by atoms with Gasteiger partial charge in [0.05, 0.1) is 23.7 Å². The molecule has 122 valence electrons. The summed E-state index contributed by atoms with van der Waals surface area (Å²) < 4.78 is 5.69. The zero-order chi connectivity index (χ0) is 16.8. The molecule has 0 unspecified atom stereocenters. The van der Waals surface area contributed by atoms with Crippen LogP contribution in [0.2, 0.25) is 0 Å². The van der Waals surface area contributed by atoms with E-state index in [4.69, 9.17) is 4.74 Å². The van der Waals surface area contributed by atoms with Crippen molar-refractivity contribution < 1.29 is 9.53 Å². The number of hydrogen-bond donors (Lipinski definition) is 0. The molecule has 0 N–H and O–H groups in total. The smallest absolute Gasteiger partial charge is 0.150 e. The maximum Gasteiger partial charge on any atom is 0.150 e. The molecule has 0 aliphatic heterocycles. The highest BCUT2D eigenvalue weighted by Crippen LogP contribution is 2.13. The number of carbonyl (C=O) groups excluding carboxylic acids is 1. The maximum absolute atomic E-state index is 10.8. The summed E-state index contributed by atoms with van der Waals surface area (Å²) in [6, 6.07) is 17.0. The minimum Gasteiger partial charge on any atom is -0.494 e. The average Bonchev–Trinajstić information content (AvgIpc) is 3.00. The van der Waals surface area contributed by atoms with Crippen molar-refractivity contribution in [1.82, 2.24) is 15.0 Å². The van der Waals surface area contributed by atoms with E-state index >= 15 is 0 Å². The number of aryl methyl sites for hydroxylation is 2. The summed E-state index contributed by atoms with van der Waals surface area (Å²) in [4.78, 5) is 12.4. The Kier molecular flexibility index (Phi) is 5.01. The standard InChI is InChI=1S/C19H19N3O2/c1-15-19(21-22(20-15)17-8-3-2-4-9-17)11-6-12-24-18-10-5-7-16(13-18)14-23/h2-5,7-10,13-14H,6,11-12H2,1H3. The van der Waals surface area contributed by atoms with Crippen molar-refractivity contribution in [3.63, 3.8) is 0 Å². The Labute approximate surface area is 140 Å². The summed E-state index contributed by atoms with van der Waals surface area (Å²) in [6.07, 6.45) is 2.45. The zero-order valence-corrected chi connectivity index (χ0v) is 13.6. The van der Waals surface area contributed by atoms with Crippen molar-refractivity contribution in [2.75, 3.05) is 6.61 Å². The lowest BCUT2D eigenvalue weighted by Crippen LogP contribution is -2.02. The summed E-state index contributed by atoms with van der Waals surface area (Å²) in [6.45, 7) is 2.54. The molecule has 3 aromatic rings. The molecule has 5 nitrogen and oxygen atoms in total. The van der Waals surface area contributed by atoms with Crippen molar-refractivity contribution >= 4 is 6.29 Å². The van der Waals surface area contributed by atoms with E-state index < -0.39 is 0 Å². The first-order valence-electron chi connectivity index (χ1n) is 7.92. The molecule has 1 heterocycles. The van der Waals surface area contributed by atoms with Crippen LogP contribution in [0, 0.1) is 6.92 Å². The van der Waals surface area contributed by atoms with Gasteiger partial charge in [0.15, 0.2) is 0 Å². The van der Waals surface area contributed by atoms with Crippen LogP contribution in [-0.2, 0) is 6.42 Å². The first-order valence-corrected chi connectivity index (χ1v) is 7.92. The van der Waals surface area contributed by atoms with E-state index in [2.05, 4.69) is 10.2 Å². The molecule has 0 saturated heterocycles. The van der Waals surface area contributed by atoms with Gasteiger partial charge in [-0.05, 0) is 44.0 Å². The number of rotatable bonds is 7. The number of benzene rings is 2. The molecular weight excluding hydrogens is 302 g/mol. The summed E-state index contributed by atoms with van der Waals surface area (Å²) in [5.41, 5.74) is 3.48. The Morgan fingerprint density at radius 2 is 1.92 bits per heavy atom. The molecule has 0 aliphatic rings. The van der Waals surface area contributed by atoms with E-state index in [9.17, 15) is 4.79 Å². The lowest BCUT2D eigenvalue weighted by Gasteiger charge is -2.05. The predicted octanol–water partition coefficient (Wildman–Crippen LogP) is 3.40. The van der Waals surface area contributed by atoms with Gasteiger partial charge in [0, 0.05) is 5.56 Å². The summed E-state index contributed by atoms with van der Waals surface area (Å²) in [5, 5.41) is 9.02. The molecule has 1 aromatic heterocycles. The van der Waals surface area contributed by atoms with E-state index in [0.29, 0.717) is 17.9 Å². The van der Waals surface area contributed by atoms with Crippen molar-refractivity contribution in [1.29, 1.82) is 0 Å². The van der Waals surface area contributed by atoms with Gasteiger partial charge in [-0.25, -0.2) is 0 Å². The van der Waals surface area contributed by atoms with Crippen molar-refractivity contribution in [2.45, 2.75) is 19.8 Å². The molecule has 0 fully saturated rings. The van der Waals surface area contributed by atoms with Crippen LogP contribution in [0.15, 0.2) is 54.6 Å². The highest BCUT2D eigenvalue weighted by Gasteiger charge is 2.08. The lowest BCUT2D eigenvalue weighted by molar-refractivity contribution is 0.112. The number of nitrogens with zero attached hydrogens (tertiary/aromatic N) is 3. The van der Waals surface area contributed by atoms with Crippen LogP contribution in [0.4, 0.5) is 0 Å². The van der Waals surface area contributed by atoms with Gasteiger partial charge in [0.1, 0.15) is 12.0 Å². The zero-order valence-electron chi connectivity index (χ0n) is 13.6. The third kappa shape index (κ3) is 3.87. The Hall–Kier alpha value is -2.95. The highest BCUT2D eigenvalue weighted by molar-refractivity contribution is 5.75. The van der Waals surface area contributed by atoms with Gasteiger partial charge in [-0.2, -0.15) is 15.0 Å². The second-order valence-electron chi connectivity index (χ2n) is 5.50. The molecule has 0 aliphatic carbocycles. The predicted molar refractivity (Wildman–Crippen MR) is 91.7 cm³/mol. The fourth-order valence-electron chi connectivity index (χ4n) is 2.42. The van der Waals surface area contributed by atoms with Gasteiger partial charge >= 0.3 is 0 Å². The van der Waals surface area contributed by atoms with Crippen molar-refractivity contribution in [3.05, 3.63) is 71.5 Å². The van der Waals surface area contributed by atoms with E-state index in [1.54, 1.807) is 16.9 Å². The molecule has 0 atom stereocenters. The van der Waals surface area contributed by atoms with Crippen LogP contribution < -0.4 is 4.74 Å². The van der Waals surface area contributed by atoms with E-state index in [0.717, 1.165) is 36.2 Å². The molecule has 2 aromatic carbocycles. The number of carbonyl (C=O) groups is 1. The minimum atomic E-state index is 0.569. The van der Waals surface area contributed by atoms with Crippen LogP contribution in [0.25, 0.3) is 5.69 Å². The molecule has 0 radical (unpaired) electrons. The summed E-state index contributed by atoms with van der Waals surface area (Å²) in [5.74, 6) is 0.712.